The van der Waals surface area contributed by atoms with E-state index in [0.717, 1.165) is 29.4 Å². The molecule has 2 aromatic carbocycles. The molecule has 3 heteroatoms. The number of carbonyl (C=O) groups excluding carboxylic acids is 1. The van der Waals surface area contributed by atoms with Crippen molar-refractivity contribution in [2.24, 2.45) is 5.92 Å². The third-order valence-electron chi connectivity index (χ3n) is 4.49. The Kier molecular flexibility index (Phi) is 5.30. The number of para-hydroxylation sites is 1. The monoisotopic (exact) mass is 308 g/mol. The molecule has 1 amide bonds. The molecular formula is C20H24N2O. The SMILES string of the molecule is O=C(CCC1CCCC1)Nc1ccc(Nc2ccccc2)cc1. The minimum absolute atomic E-state index is 0.126. The molecule has 2 aromatic rings. The first-order valence-electron chi connectivity index (χ1n) is 8.51. The zero-order chi connectivity index (χ0) is 15.9. The molecule has 0 aliphatic heterocycles. The molecule has 120 valence electrons. The molecule has 0 bridgehead atoms. The van der Waals surface area contributed by atoms with Crippen molar-refractivity contribution < 1.29 is 4.79 Å². The van der Waals surface area contributed by atoms with Crippen LogP contribution in [0.15, 0.2) is 54.6 Å². The fourth-order valence-electron chi connectivity index (χ4n) is 3.18. The summed E-state index contributed by atoms with van der Waals surface area (Å²) in [5.41, 5.74) is 2.93. The van der Waals surface area contributed by atoms with Gasteiger partial charge in [0.05, 0.1) is 0 Å². The second kappa shape index (κ2) is 7.82. The van der Waals surface area contributed by atoms with Crippen LogP contribution in [-0.4, -0.2) is 5.91 Å². The summed E-state index contributed by atoms with van der Waals surface area (Å²) in [6, 6.07) is 17.9. The first-order valence-corrected chi connectivity index (χ1v) is 8.51. The van der Waals surface area contributed by atoms with Gasteiger partial charge in [0, 0.05) is 23.5 Å². The number of benzene rings is 2. The Hall–Kier alpha value is -2.29. The van der Waals surface area contributed by atoms with E-state index in [1.807, 2.05) is 54.6 Å². The number of rotatable bonds is 6. The van der Waals surface area contributed by atoms with Gasteiger partial charge >= 0.3 is 0 Å². The minimum Gasteiger partial charge on any atom is -0.356 e. The summed E-state index contributed by atoms with van der Waals surface area (Å²) in [6.07, 6.45) is 6.93. The third kappa shape index (κ3) is 4.85. The summed E-state index contributed by atoms with van der Waals surface area (Å²) in [5, 5.41) is 6.32. The lowest BCUT2D eigenvalue weighted by atomic mass is 10.0. The highest BCUT2D eigenvalue weighted by Crippen LogP contribution is 2.28. The van der Waals surface area contributed by atoms with Crippen LogP contribution in [0.25, 0.3) is 0 Å². The van der Waals surface area contributed by atoms with Gasteiger partial charge in [0.2, 0.25) is 5.91 Å². The van der Waals surface area contributed by atoms with Gasteiger partial charge in [-0.25, -0.2) is 0 Å². The molecule has 0 saturated heterocycles. The number of hydrogen-bond acceptors (Lipinski definition) is 2. The van der Waals surface area contributed by atoms with Gasteiger partial charge in [0.15, 0.2) is 0 Å². The average molecular weight is 308 g/mol. The van der Waals surface area contributed by atoms with Crippen LogP contribution in [-0.2, 0) is 4.79 Å². The first kappa shape index (κ1) is 15.6. The summed E-state index contributed by atoms with van der Waals surface area (Å²) < 4.78 is 0. The van der Waals surface area contributed by atoms with E-state index >= 15 is 0 Å². The van der Waals surface area contributed by atoms with Crippen molar-refractivity contribution in [2.45, 2.75) is 38.5 Å². The molecule has 2 N–H and O–H groups in total. The summed E-state index contributed by atoms with van der Waals surface area (Å²) in [6.45, 7) is 0. The number of nitrogens with one attached hydrogen (secondary N) is 2. The Bertz CT molecular complexity index is 616. The normalized spacial score (nSPS) is 14.6. The highest BCUT2D eigenvalue weighted by molar-refractivity contribution is 5.90. The summed E-state index contributed by atoms with van der Waals surface area (Å²) in [5.74, 6) is 0.888. The predicted octanol–water partition coefficient (Wildman–Crippen LogP) is 5.34. The van der Waals surface area contributed by atoms with Gasteiger partial charge in [-0.05, 0) is 48.7 Å². The maximum atomic E-state index is 12.0. The molecule has 0 spiro atoms. The van der Waals surface area contributed by atoms with E-state index in [4.69, 9.17) is 0 Å². The third-order valence-corrected chi connectivity index (χ3v) is 4.49. The maximum absolute atomic E-state index is 12.0. The predicted molar refractivity (Wildman–Crippen MR) is 96.0 cm³/mol. The highest BCUT2D eigenvalue weighted by Gasteiger charge is 2.16. The highest BCUT2D eigenvalue weighted by atomic mass is 16.1. The molecular weight excluding hydrogens is 284 g/mol. The van der Waals surface area contributed by atoms with Crippen molar-refractivity contribution in [3.63, 3.8) is 0 Å². The lowest BCUT2D eigenvalue weighted by molar-refractivity contribution is -0.116. The summed E-state index contributed by atoms with van der Waals surface area (Å²) >= 11 is 0. The van der Waals surface area contributed by atoms with E-state index in [2.05, 4.69) is 10.6 Å². The van der Waals surface area contributed by atoms with E-state index in [0.29, 0.717) is 6.42 Å². The molecule has 3 nitrogen and oxygen atoms in total. The van der Waals surface area contributed by atoms with Crippen molar-refractivity contribution >= 4 is 23.0 Å². The van der Waals surface area contributed by atoms with Crippen molar-refractivity contribution in [3.05, 3.63) is 54.6 Å². The Labute approximate surface area is 138 Å². The molecule has 0 radical (unpaired) electrons. The number of amides is 1. The fraction of sp³-hybridized carbons (Fsp3) is 0.350. The maximum Gasteiger partial charge on any atom is 0.224 e. The van der Waals surface area contributed by atoms with Crippen molar-refractivity contribution in [3.8, 4) is 0 Å². The second-order valence-electron chi connectivity index (χ2n) is 6.31. The van der Waals surface area contributed by atoms with E-state index in [1.165, 1.54) is 25.7 Å². The fourth-order valence-corrected chi connectivity index (χ4v) is 3.18. The van der Waals surface area contributed by atoms with E-state index < -0.39 is 0 Å². The van der Waals surface area contributed by atoms with Crippen LogP contribution in [0, 0.1) is 5.92 Å². The number of anilines is 3. The molecule has 3 rings (SSSR count). The smallest absolute Gasteiger partial charge is 0.224 e. The van der Waals surface area contributed by atoms with Gasteiger partial charge in [-0.3, -0.25) is 4.79 Å². The minimum atomic E-state index is 0.126. The summed E-state index contributed by atoms with van der Waals surface area (Å²) in [4.78, 5) is 12.0. The van der Waals surface area contributed by atoms with Gasteiger partial charge in [-0.15, -0.1) is 0 Å². The number of carbonyl (C=O) groups is 1. The quantitative estimate of drug-likeness (QED) is 0.756. The van der Waals surface area contributed by atoms with E-state index in [-0.39, 0.29) is 5.91 Å². The van der Waals surface area contributed by atoms with Crippen LogP contribution in [0.5, 0.6) is 0 Å². The molecule has 1 fully saturated rings. The van der Waals surface area contributed by atoms with Gasteiger partial charge in [-0.1, -0.05) is 43.9 Å². The molecule has 23 heavy (non-hydrogen) atoms. The van der Waals surface area contributed by atoms with Crippen molar-refractivity contribution in [2.75, 3.05) is 10.6 Å². The topological polar surface area (TPSA) is 41.1 Å². The standard InChI is InChI=1S/C20H24N2O/c23-20(15-10-16-6-4-5-7-16)22-19-13-11-18(12-14-19)21-17-8-2-1-3-9-17/h1-3,8-9,11-14,16,21H,4-7,10,15H2,(H,22,23). The molecule has 0 aromatic heterocycles. The zero-order valence-electron chi connectivity index (χ0n) is 13.4. The van der Waals surface area contributed by atoms with Gasteiger partial charge in [0.1, 0.15) is 0 Å². The molecule has 1 aliphatic rings. The van der Waals surface area contributed by atoms with Gasteiger partial charge in [0.25, 0.3) is 0 Å². The molecule has 0 atom stereocenters. The van der Waals surface area contributed by atoms with Crippen LogP contribution in [0.2, 0.25) is 0 Å². The van der Waals surface area contributed by atoms with Gasteiger partial charge < -0.3 is 10.6 Å². The van der Waals surface area contributed by atoms with Crippen molar-refractivity contribution in [1.82, 2.24) is 0 Å². The summed E-state index contributed by atoms with van der Waals surface area (Å²) in [7, 11) is 0. The molecule has 1 aliphatic carbocycles. The van der Waals surface area contributed by atoms with Crippen LogP contribution < -0.4 is 10.6 Å². The van der Waals surface area contributed by atoms with Gasteiger partial charge in [-0.2, -0.15) is 0 Å². The van der Waals surface area contributed by atoms with Crippen LogP contribution in [0.4, 0.5) is 17.1 Å². The lowest BCUT2D eigenvalue weighted by Gasteiger charge is -2.10. The molecule has 0 unspecified atom stereocenters. The van der Waals surface area contributed by atoms with Crippen molar-refractivity contribution in [1.29, 1.82) is 0 Å². The Morgan fingerprint density at radius 1 is 0.870 bits per heavy atom. The molecule has 0 heterocycles. The lowest BCUT2D eigenvalue weighted by Crippen LogP contribution is -2.12. The van der Waals surface area contributed by atoms with E-state index in [9.17, 15) is 4.79 Å². The molecule has 1 saturated carbocycles. The largest absolute Gasteiger partial charge is 0.356 e. The zero-order valence-corrected chi connectivity index (χ0v) is 13.4. The van der Waals surface area contributed by atoms with Crippen LogP contribution >= 0.6 is 0 Å². The van der Waals surface area contributed by atoms with Crippen LogP contribution in [0.3, 0.4) is 0 Å². The first-order chi connectivity index (χ1) is 11.3. The number of hydrogen-bond donors (Lipinski definition) is 2. The van der Waals surface area contributed by atoms with Crippen LogP contribution in [0.1, 0.15) is 38.5 Å². The second-order valence-corrected chi connectivity index (χ2v) is 6.31. The Balaban J connectivity index is 1.47. The Morgan fingerprint density at radius 3 is 2.17 bits per heavy atom. The average Bonchev–Trinajstić information content (AvgIpc) is 3.09. The Morgan fingerprint density at radius 2 is 1.48 bits per heavy atom. The van der Waals surface area contributed by atoms with E-state index in [1.54, 1.807) is 0 Å².